The summed E-state index contributed by atoms with van der Waals surface area (Å²) in [7, 11) is 0. The van der Waals surface area contributed by atoms with Gasteiger partial charge in [0.15, 0.2) is 6.10 Å². The molecule has 1 aromatic heterocycles. The van der Waals surface area contributed by atoms with Gasteiger partial charge >= 0.3 is 0 Å². The molecule has 1 saturated heterocycles. The number of halogens is 1. The molecule has 5 heteroatoms. The van der Waals surface area contributed by atoms with Gasteiger partial charge in [0, 0.05) is 13.0 Å². The molecule has 1 aliphatic rings. The maximum atomic E-state index is 11.2. The zero-order chi connectivity index (χ0) is 9.97. The zero-order valence-corrected chi connectivity index (χ0v) is 8.95. The molecule has 1 fully saturated rings. The smallest absolute Gasteiger partial charge is 0.261 e. The summed E-state index contributed by atoms with van der Waals surface area (Å²) in [5.74, 6) is 0.572. The van der Waals surface area contributed by atoms with Gasteiger partial charge in [-0.25, -0.2) is 4.98 Å². The number of aromatic nitrogens is 1. The van der Waals surface area contributed by atoms with Crippen LogP contribution in [0.25, 0.3) is 0 Å². The van der Waals surface area contributed by atoms with Crippen molar-refractivity contribution in [3.05, 3.63) is 22.9 Å². The topological polar surface area (TPSA) is 51.2 Å². The molecule has 1 atom stereocenters. The van der Waals surface area contributed by atoms with Crippen LogP contribution in [0.15, 0.2) is 22.9 Å². The number of ether oxygens (including phenoxy) is 1. The van der Waals surface area contributed by atoms with Crippen LogP contribution >= 0.6 is 15.9 Å². The van der Waals surface area contributed by atoms with Crippen molar-refractivity contribution in [3.8, 4) is 5.75 Å². The molecule has 1 amide bonds. The van der Waals surface area contributed by atoms with Gasteiger partial charge in [-0.05, 0) is 28.1 Å². The van der Waals surface area contributed by atoms with Gasteiger partial charge < -0.3 is 10.1 Å². The molecule has 74 valence electrons. The van der Waals surface area contributed by atoms with Gasteiger partial charge in [0.25, 0.3) is 5.91 Å². The van der Waals surface area contributed by atoms with Crippen LogP contribution in [0.2, 0.25) is 0 Å². The van der Waals surface area contributed by atoms with Gasteiger partial charge in [-0.2, -0.15) is 0 Å². The third-order valence-electron chi connectivity index (χ3n) is 1.98. The van der Waals surface area contributed by atoms with Crippen LogP contribution in [0, 0.1) is 0 Å². The summed E-state index contributed by atoms with van der Waals surface area (Å²) in [6.07, 6.45) is 1.95. The van der Waals surface area contributed by atoms with E-state index in [4.69, 9.17) is 4.74 Å². The number of pyridine rings is 1. The van der Waals surface area contributed by atoms with Crippen molar-refractivity contribution in [2.24, 2.45) is 0 Å². The number of hydrogen-bond donors (Lipinski definition) is 1. The van der Waals surface area contributed by atoms with E-state index in [9.17, 15) is 4.79 Å². The predicted molar refractivity (Wildman–Crippen MR) is 54.0 cm³/mol. The molecule has 1 N–H and O–H groups in total. The van der Waals surface area contributed by atoms with Crippen LogP contribution in [-0.4, -0.2) is 23.5 Å². The number of amides is 1. The third kappa shape index (κ3) is 2.04. The normalized spacial score (nSPS) is 20.6. The molecule has 0 aliphatic carbocycles. The standard InChI is InChI=1S/C9H9BrN2O2/c10-8-2-1-6(5-12-8)14-7-3-4-11-9(7)13/h1-2,5,7H,3-4H2,(H,11,13). The summed E-state index contributed by atoms with van der Waals surface area (Å²) in [5.41, 5.74) is 0. The molecule has 1 unspecified atom stereocenters. The van der Waals surface area contributed by atoms with E-state index in [1.807, 2.05) is 0 Å². The van der Waals surface area contributed by atoms with Crippen LogP contribution in [0.4, 0.5) is 0 Å². The third-order valence-corrected chi connectivity index (χ3v) is 2.45. The van der Waals surface area contributed by atoms with Crippen LogP contribution in [0.1, 0.15) is 6.42 Å². The van der Waals surface area contributed by atoms with Crippen molar-refractivity contribution in [2.45, 2.75) is 12.5 Å². The van der Waals surface area contributed by atoms with Crippen molar-refractivity contribution < 1.29 is 9.53 Å². The minimum absolute atomic E-state index is 0.0482. The number of carbonyl (C=O) groups excluding carboxylic acids is 1. The van der Waals surface area contributed by atoms with E-state index in [0.717, 1.165) is 11.0 Å². The van der Waals surface area contributed by atoms with E-state index < -0.39 is 0 Å². The van der Waals surface area contributed by atoms with E-state index >= 15 is 0 Å². The van der Waals surface area contributed by atoms with Gasteiger partial charge in [-0.1, -0.05) is 0 Å². The van der Waals surface area contributed by atoms with E-state index in [1.54, 1.807) is 18.3 Å². The van der Waals surface area contributed by atoms with Gasteiger partial charge in [0.05, 0.1) is 6.20 Å². The SMILES string of the molecule is O=C1NCCC1Oc1ccc(Br)nc1. The first-order valence-electron chi connectivity index (χ1n) is 4.31. The largest absolute Gasteiger partial charge is 0.479 e. The Hall–Kier alpha value is -1.10. The second-order valence-electron chi connectivity index (χ2n) is 3.00. The molecule has 2 rings (SSSR count). The Bertz CT molecular complexity index is 339. The molecule has 1 aliphatic heterocycles. The average Bonchev–Trinajstić information content (AvgIpc) is 2.56. The molecule has 0 spiro atoms. The molecule has 0 bridgehead atoms. The highest BCUT2D eigenvalue weighted by Crippen LogP contribution is 2.16. The Morgan fingerprint density at radius 3 is 3.00 bits per heavy atom. The van der Waals surface area contributed by atoms with Crippen LogP contribution in [-0.2, 0) is 4.79 Å². The Kier molecular flexibility index (Phi) is 2.67. The highest BCUT2D eigenvalue weighted by atomic mass is 79.9. The van der Waals surface area contributed by atoms with Crippen molar-refractivity contribution in [1.29, 1.82) is 0 Å². The quantitative estimate of drug-likeness (QED) is 0.807. The van der Waals surface area contributed by atoms with Gasteiger partial charge in [0.2, 0.25) is 0 Å². The molecule has 0 radical (unpaired) electrons. The minimum Gasteiger partial charge on any atom is -0.479 e. The summed E-state index contributed by atoms with van der Waals surface area (Å²) in [6, 6.07) is 3.56. The lowest BCUT2D eigenvalue weighted by molar-refractivity contribution is -0.124. The van der Waals surface area contributed by atoms with Gasteiger partial charge in [-0.3, -0.25) is 4.79 Å². The number of nitrogens with one attached hydrogen (secondary N) is 1. The van der Waals surface area contributed by atoms with E-state index in [1.165, 1.54) is 0 Å². The molecule has 1 aromatic rings. The monoisotopic (exact) mass is 256 g/mol. The fraction of sp³-hybridized carbons (Fsp3) is 0.333. The Morgan fingerprint density at radius 1 is 1.57 bits per heavy atom. The summed E-state index contributed by atoms with van der Waals surface area (Å²) in [6.45, 7) is 0.688. The second kappa shape index (κ2) is 3.96. The van der Waals surface area contributed by atoms with E-state index in [2.05, 4.69) is 26.2 Å². The predicted octanol–water partition coefficient (Wildman–Crippen LogP) is 1.11. The second-order valence-corrected chi connectivity index (χ2v) is 3.82. The lowest BCUT2D eigenvalue weighted by atomic mass is 10.3. The fourth-order valence-electron chi connectivity index (χ4n) is 1.28. The van der Waals surface area contributed by atoms with Crippen LogP contribution in [0.3, 0.4) is 0 Å². The number of carbonyl (C=O) groups is 1. The maximum absolute atomic E-state index is 11.2. The van der Waals surface area contributed by atoms with Crippen molar-refractivity contribution >= 4 is 21.8 Å². The molecular weight excluding hydrogens is 248 g/mol. The Morgan fingerprint density at radius 2 is 2.43 bits per heavy atom. The van der Waals surface area contributed by atoms with Crippen molar-refractivity contribution in [3.63, 3.8) is 0 Å². The summed E-state index contributed by atoms with van der Waals surface area (Å²) in [5, 5.41) is 2.71. The molecule has 0 aromatic carbocycles. The summed E-state index contributed by atoms with van der Waals surface area (Å²) >= 11 is 3.22. The van der Waals surface area contributed by atoms with Crippen LogP contribution in [0.5, 0.6) is 5.75 Å². The van der Waals surface area contributed by atoms with E-state index in [0.29, 0.717) is 12.3 Å². The van der Waals surface area contributed by atoms with Gasteiger partial charge in [0.1, 0.15) is 10.4 Å². The van der Waals surface area contributed by atoms with Crippen LogP contribution < -0.4 is 10.1 Å². The lowest BCUT2D eigenvalue weighted by Gasteiger charge is -2.09. The number of hydrogen-bond acceptors (Lipinski definition) is 3. The highest BCUT2D eigenvalue weighted by molar-refractivity contribution is 9.10. The number of rotatable bonds is 2. The molecule has 2 heterocycles. The van der Waals surface area contributed by atoms with Crippen molar-refractivity contribution in [2.75, 3.05) is 6.54 Å². The Balaban J connectivity index is 2.03. The molecular formula is C9H9BrN2O2. The molecule has 14 heavy (non-hydrogen) atoms. The average molecular weight is 257 g/mol. The minimum atomic E-state index is -0.363. The van der Waals surface area contributed by atoms with Crippen molar-refractivity contribution in [1.82, 2.24) is 10.3 Å². The summed E-state index contributed by atoms with van der Waals surface area (Å²) < 4.78 is 6.20. The fourth-order valence-corrected chi connectivity index (χ4v) is 1.51. The molecule has 4 nitrogen and oxygen atoms in total. The summed E-state index contributed by atoms with van der Waals surface area (Å²) in [4.78, 5) is 15.2. The lowest BCUT2D eigenvalue weighted by Crippen LogP contribution is -2.27. The highest BCUT2D eigenvalue weighted by Gasteiger charge is 2.25. The Labute approximate surface area is 89.8 Å². The first-order chi connectivity index (χ1) is 6.75. The first-order valence-corrected chi connectivity index (χ1v) is 5.11. The zero-order valence-electron chi connectivity index (χ0n) is 7.37. The van der Waals surface area contributed by atoms with Gasteiger partial charge in [-0.15, -0.1) is 0 Å². The molecule has 0 saturated carbocycles. The number of nitrogens with zero attached hydrogens (tertiary/aromatic N) is 1. The van der Waals surface area contributed by atoms with E-state index in [-0.39, 0.29) is 12.0 Å². The first kappa shape index (κ1) is 9.45. The maximum Gasteiger partial charge on any atom is 0.261 e.